The second-order valence-electron chi connectivity index (χ2n) is 4.33. The Morgan fingerprint density at radius 3 is 2.29 bits per heavy atom. The van der Waals surface area contributed by atoms with Gasteiger partial charge in [-0.15, -0.1) is 0 Å². The van der Waals surface area contributed by atoms with Crippen molar-refractivity contribution in [2.45, 2.75) is 6.10 Å². The van der Waals surface area contributed by atoms with Gasteiger partial charge in [0.2, 0.25) is 0 Å². The van der Waals surface area contributed by atoms with Crippen LogP contribution >= 0.6 is 27.5 Å². The molecular formula is C15H13BrClFO3. The van der Waals surface area contributed by atoms with Crippen molar-refractivity contribution in [3.8, 4) is 11.5 Å². The molecule has 0 saturated heterocycles. The lowest BCUT2D eigenvalue weighted by molar-refractivity contribution is 0.213. The van der Waals surface area contributed by atoms with E-state index in [1.54, 1.807) is 18.2 Å². The van der Waals surface area contributed by atoms with Gasteiger partial charge in [0.1, 0.15) is 11.9 Å². The van der Waals surface area contributed by atoms with Crippen LogP contribution in [0.1, 0.15) is 17.2 Å². The zero-order chi connectivity index (χ0) is 15.6. The molecule has 0 radical (unpaired) electrons. The first-order chi connectivity index (χ1) is 9.96. The fourth-order valence-electron chi connectivity index (χ4n) is 1.99. The molecule has 0 spiro atoms. The Hall–Kier alpha value is -1.30. The van der Waals surface area contributed by atoms with Gasteiger partial charge in [-0.1, -0.05) is 27.5 Å². The van der Waals surface area contributed by atoms with Gasteiger partial charge in [0.15, 0.2) is 11.5 Å². The lowest BCUT2D eigenvalue weighted by Gasteiger charge is -2.16. The number of methoxy groups -OCH3 is 2. The normalized spacial score (nSPS) is 12.1. The quantitative estimate of drug-likeness (QED) is 0.864. The molecule has 112 valence electrons. The van der Waals surface area contributed by atoms with Gasteiger partial charge in [0.25, 0.3) is 0 Å². The molecule has 2 rings (SSSR count). The Labute approximate surface area is 135 Å². The Morgan fingerprint density at radius 1 is 1.10 bits per heavy atom. The minimum Gasteiger partial charge on any atom is -0.493 e. The van der Waals surface area contributed by atoms with Crippen LogP contribution in [-0.2, 0) is 0 Å². The zero-order valence-electron chi connectivity index (χ0n) is 11.4. The highest BCUT2D eigenvalue weighted by molar-refractivity contribution is 9.10. The van der Waals surface area contributed by atoms with E-state index in [2.05, 4.69) is 15.9 Å². The van der Waals surface area contributed by atoms with Crippen molar-refractivity contribution in [3.05, 3.63) is 56.8 Å². The summed E-state index contributed by atoms with van der Waals surface area (Å²) < 4.78 is 25.0. The number of ether oxygens (including phenoxy) is 2. The minimum absolute atomic E-state index is 0.0850. The largest absolute Gasteiger partial charge is 0.493 e. The van der Waals surface area contributed by atoms with E-state index in [1.165, 1.54) is 26.4 Å². The number of halogens is 3. The van der Waals surface area contributed by atoms with E-state index in [9.17, 15) is 9.50 Å². The SMILES string of the molecule is COc1cc(F)c(C(O)c2cc(Cl)cc(Br)c2)cc1OC. The summed E-state index contributed by atoms with van der Waals surface area (Å²) in [4.78, 5) is 0. The summed E-state index contributed by atoms with van der Waals surface area (Å²) in [6.45, 7) is 0. The highest BCUT2D eigenvalue weighted by atomic mass is 79.9. The molecule has 1 atom stereocenters. The van der Waals surface area contributed by atoms with E-state index in [-0.39, 0.29) is 11.3 Å². The minimum atomic E-state index is -1.17. The second-order valence-corrected chi connectivity index (χ2v) is 5.69. The second kappa shape index (κ2) is 6.64. The van der Waals surface area contributed by atoms with Crippen molar-refractivity contribution in [1.29, 1.82) is 0 Å². The Morgan fingerprint density at radius 2 is 1.71 bits per heavy atom. The third kappa shape index (κ3) is 3.48. The van der Waals surface area contributed by atoms with Gasteiger partial charge in [0, 0.05) is 21.1 Å². The van der Waals surface area contributed by atoms with Gasteiger partial charge in [0.05, 0.1) is 14.2 Å². The molecule has 0 saturated carbocycles. The Kier molecular flexibility index (Phi) is 5.08. The van der Waals surface area contributed by atoms with Crippen LogP contribution in [0.2, 0.25) is 5.02 Å². The van der Waals surface area contributed by atoms with Crippen molar-refractivity contribution in [2.75, 3.05) is 14.2 Å². The number of hydrogen-bond donors (Lipinski definition) is 1. The molecule has 0 aliphatic rings. The van der Waals surface area contributed by atoms with Crippen LogP contribution in [0.15, 0.2) is 34.8 Å². The lowest BCUT2D eigenvalue weighted by Crippen LogP contribution is -2.04. The predicted octanol–water partition coefficient (Wildman–Crippen LogP) is 4.34. The monoisotopic (exact) mass is 374 g/mol. The number of aliphatic hydroxyl groups is 1. The van der Waals surface area contributed by atoms with E-state index >= 15 is 0 Å². The predicted molar refractivity (Wildman–Crippen MR) is 82.7 cm³/mol. The molecule has 3 nitrogen and oxygen atoms in total. The molecule has 0 aliphatic carbocycles. The topological polar surface area (TPSA) is 38.7 Å². The third-order valence-electron chi connectivity index (χ3n) is 3.00. The summed E-state index contributed by atoms with van der Waals surface area (Å²) in [7, 11) is 2.86. The number of aliphatic hydroxyl groups excluding tert-OH is 1. The molecule has 0 amide bonds. The van der Waals surface area contributed by atoms with Gasteiger partial charge in [-0.05, 0) is 29.8 Å². The van der Waals surface area contributed by atoms with E-state index in [4.69, 9.17) is 21.1 Å². The first-order valence-corrected chi connectivity index (χ1v) is 7.18. The summed E-state index contributed by atoms with van der Waals surface area (Å²) in [5, 5.41) is 10.8. The van der Waals surface area contributed by atoms with Crippen LogP contribution in [0, 0.1) is 5.82 Å². The van der Waals surface area contributed by atoms with E-state index in [0.717, 1.165) is 0 Å². The average Bonchev–Trinajstić information content (AvgIpc) is 2.45. The average molecular weight is 376 g/mol. The lowest BCUT2D eigenvalue weighted by atomic mass is 10.0. The molecule has 0 fully saturated rings. The molecule has 0 bridgehead atoms. The molecule has 1 N–H and O–H groups in total. The first-order valence-electron chi connectivity index (χ1n) is 6.01. The molecule has 2 aromatic rings. The van der Waals surface area contributed by atoms with Gasteiger partial charge in [-0.25, -0.2) is 4.39 Å². The van der Waals surface area contributed by atoms with Crippen LogP contribution in [0.4, 0.5) is 4.39 Å². The van der Waals surface area contributed by atoms with E-state index in [1.807, 2.05) is 0 Å². The van der Waals surface area contributed by atoms with Crippen molar-refractivity contribution in [1.82, 2.24) is 0 Å². The zero-order valence-corrected chi connectivity index (χ0v) is 13.7. The van der Waals surface area contributed by atoms with Gasteiger partial charge in [-0.3, -0.25) is 0 Å². The maximum Gasteiger partial charge on any atom is 0.163 e. The molecular weight excluding hydrogens is 363 g/mol. The van der Waals surface area contributed by atoms with Gasteiger partial charge >= 0.3 is 0 Å². The molecule has 6 heteroatoms. The molecule has 0 aromatic heterocycles. The number of rotatable bonds is 4. The van der Waals surface area contributed by atoms with Crippen molar-refractivity contribution in [3.63, 3.8) is 0 Å². The summed E-state index contributed by atoms with van der Waals surface area (Å²) in [5.74, 6) is 0.0171. The molecule has 0 heterocycles. The molecule has 21 heavy (non-hydrogen) atoms. The maximum absolute atomic E-state index is 14.2. The summed E-state index contributed by atoms with van der Waals surface area (Å²) in [6, 6.07) is 7.52. The smallest absolute Gasteiger partial charge is 0.163 e. The summed E-state index contributed by atoms with van der Waals surface area (Å²) >= 11 is 9.24. The van der Waals surface area contributed by atoms with Crippen molar-refractivity contribution >= 4 is 27.5 Å². The third-order valence-corrected chi connectivity index (χ3v) is 3.67. The highest BCUT2D eigenvalue weighted by Crippen LogP contribution is 2.35. The summed E-state index contributed by atoms with van der Waals surface area (Å²) in [6.07, 6.45) is -1.17. The standard InChI is InChI=1S/C15H13BrClFO3/c1-20-13-6-11(12(18)7-14(13)21-2)15(19)8-3-9(16)5-10(17)4-8/h3-7,15,19H,1-2H3. The molecule has 0 aliphatic heterocycles. The van der Waals surface area contributed by atoms with Gasteiger partial charge < -0.3 is 14.6 Å². The van der Waals surface area contributed by atoms with Crippen LogP contribution in [0.5, 0.6) is 11.5 Å². The fraction of sp³-hybridized carbons (Fsp3) is 0.200. The summed E-state index contributed by atoms with van der Waals surface area (Å²) in [5.41, 5.74) is 0.558. The highest BCUT2D eigenvalue weighted by Gasteiger charge is 2.19. The fourth-order valence-corrected chi connectivity index (χ4v) is 2.88. The van der Waals surface area contributed by atoms with E-state index in [0.29, 0.717) is 20.8 Å². The number of hydrogen-bond acceptors (Lipinski definition) is 3. The Bertz CT molecular complexity index is 643. The van der Waals surface area contributed by atoms with Gasteiger partial charge in [-0.2, -0.15) is 0 Å². The van der Waals surface area contributed by atoms with E-state index < -0.39 is 11.9 Å². The van der Waals surface area contributed by atoms with Crippen LogP contribution in [-0.4, -0.2) is 19.3 Å². The molecule has 2 aromatic carbocycles. The van der Waals surface area contributed by atoms with Crippen molar-refractivity contribution < 1.29 is 19.0 Å². The van der Waals surface area contributed by atoms with Crippen LogP contribution < -0.4 is 9.47 Å². The number of benzene rings is 2. The first kappa shape index (κ1) is 16.1. The Balaban J connectivity index is 2.49. The van der Waals surface area contributed by atoms with Crippen LogP contribution in [0.25, 0.3) is 0 Å². The molecule has 1 unspecified atom stereocenters. The van der Waals surface area contributed by atoms with Crippen molar-refractivity contribution in [2.24, 2.45) is 0 Å². The van der Waals surface area contributed by atoms with Crippen LogP contribution in [0.3, 0.4) is 0 Å². The maximum atomic E-state index is 14.2.